The Morgan fingerprint density at radius 3 is 2.86 bits per heavy atom. The summed E-state index contributed by atoms with van der Waals surface area (Å²) in [5, 5.41) is 7.13. The minimum atomic E-state index is -0.0578. The summed E-state index contributed by atoms with van der Waals surface area (Å²) in [5.74, 6) is 2.03. The molecule has 1 atom stereocenters. The smallest absolute Gasteiger partial charge is 0.241 e. The van der Waals surface area contributed by atoms with Crippen molar-refractivity contribution in [2.45, 2.75) is 40.3 Å². The van der Waals surface area contributed by atoms with Gasteiger partial charge in [0.25, 0.3) is 0 Å². The molecule has 7 nitrogen and oxygen atoms in total. The molecule has 1 aliphatic heterocycles. The molecular formula is C15H27N5O2. The van der Waals surface area contributed by atoms with Crippen LogP contribution in [0, 0.1) is 19.8 Å². The number of rotatable bonds is 6. The minimum absolute atomic E-state index is 0.0578. The first-order chi connectivity index (χ1) is 10.4. The van der Waals surface area contributed by atoms with E-state index in [0.29, 0.717) is 18.3 Å². The van der Waals surface area contributed by atoms with Crippen molar-refractivity contribution < 1.29 is 9.53 Å². The number of nitrogens with zero attached hydrogens (tertiary/aromatic N) is 4. The largest absolute Gasteiger partial charge is 0.374 e. The van der Waals surface area contributed by atoms with E-state index in [1.807, 2.05) is 13.8 Å². The highest BCUT2D eigenvalue weighted by Gasteiger charge is 2.21. The summed E-state index contributed by atoms with van der Waals surface area (Å²) < 4.78 is 7.35. The van der Waals surface area contributed by atoms with E-state index < -0.39 is 0 Å². The quantitative estimate of drug-likeness (QED) is 0.822. The van der Waals surface area contributed by atoms with Crippen LogP contribution in [-0.4, -0.2) is 64.5 Å². The van der Waals surface area contributed by atoms with Gasteiger partial charge in [0.1, 0.15) is 18.2 Å². The van der Waals surface area contributed by atoms with Gasteiger partial charge in [0, 0.05) is 26.2 Å². The van der Waals surface area contributed by atoms with E-state index in [0.717, 1.165) is 32.1 Å². The molecule has 1 fully saturated rings. The zero-order valence-corrected chi connectivity index (χ0v) is 14.0. The molecule has 1 amide bonds. The molecule has 0 spiro atoms. The van der Waals surface area contributed by atoms with Gasteiger partial charge < -0.3 is 10.1 Å². The fourth-order valence-corrected chi connectivity index (χ4v) is 2.72. The van der Waals surface area contributed by atoms with Crippen molar-refractivity contribution in [1.82, 2.24) is 25.0 Å². The highest BCUT2D eigenvalue weighted by molar-refractivity contribution is 5.75. The number of morpholine rings is 1. The lowest BCUT2D eigenvalue weighted by molar-refractivity contribution is -0.123. The molecule has 124 valence electrons. The Bertz CT molecular complexity index is 500. The molecule has 0 bridgehead atoms. The van der Waals surface area contributed by atoms with E-state index in [4.69, 9.17) is 4.74 Å². The number of aryl methyl sites for hydroxylation is 2. The highest BCUT2D eigenvalue weighted by atomic mass is 16.5. The number of aromatic nitrogens is 3. The monoisotopic (exact) mass is 309 g/mol. The van der Waals surface area contributed by atoms with Crippen molar-refractivity contribution in [3.05, 3.63) is 11.6 Å². The van der Waals surface area contributed by atoms with Crippen molar-refractivity contribution in [2.24, 2.45) is 5.92 Å². The maximum Gasteiger partial charge on any atom is 0.241 e. The standard InChI is InChI=1S/C15H27N5O2/c1-11(2)8-19-5-6-22-14(9-19)7-16-15(21)10-20-13(4)17-12(3)18-20/h11,14H,5-10H2,1-4H3,(H,16,21). The Hall–Kier alpha value is -1.47. The summed E-state index contributed by atoms with van der Waals surface area (Å²) in [5.41, 5.74) is 0. The molecule has 2 heterocycles. The van der Waals surface area contributed by atoms with Crippen LogP contribution < -0.4 is 5.32 Å². The van der Waals surface area contributed by atoms with Gasteiger partial charge in [-0.25, -0.2) is 9.67 Å². The summed E-state index contributed by atoms with van der Waals surface area (Å²) in [6.45, 7) is 12.5. The van der Waals surface area contributed by atoms with E-state index in [1.165, 1.54) is 0 Å². The molecule has 22 heavy (non-hydrogen) atoms. The van der Waals surface area contributed by atoms with E-state index in [2.05, 4.69) is 34.1 Å². The van der Waals surface area contributed by atoms with Crippen LogP contribution in [0.2, 0.25) is 0 Å². The molecule has 0 radical (unpaired) electrons. The fourth-order valence-electron chi connectivity index (χ4n) is 2.72. The van der Waals surface area contributed by atoms with Crippen LogP contribution in [0.3, 0.4) is 0 Å². The van der Waals surface area contributed by atoms with Crippen LogP contribution in [0.15, 0.2) is 0 Å². The van der Waals surface area contributed by atoms with Gasteiger partial charge in [-0.05, 0) is 19.8 Å². The first-order valence-corrected chi connectivity index (χ1v) is 7.92. The van der Waals surface area contributed by atoms with E-state index >= 15 is 0 Å². The van der Waals surface area contributed by atoms with Crippen LogP contribution in [0.25, 0.3) is 0 Å². The second-order valence-corrected chi connectivity index (χ2v) is 6.31. The number of nitrogens with one attached hydrogen (secondary N) is 1. The van der Waals surface area contributed by atoms with Crippen LogP contribution in [0.4, 0.5) is 0 Å². The van der Waals surface area contributed by atoms with Gasteiger partial charge in [-0.15, -0.1) is 0 Å². The van der Waals surface area contributed by atoms with E-state index in [-0.39, 0.29) is 18.6 Å². The fraction of sp³-hybridized carbons (Fsp3) is 0.800. The van der Waals surface area contributed by atoms with Gasteiger partial charge in [0.2, 0.25) is 5.91 Å². The summed E-state index contributed by atoms with van der Waals surface area (Å²) in [6, 6.07) is 0. The Morgan fingerprint density at radius 1 is 1.45 bits per heavy atom. The molecule has 1 saturated heterocycles. The SMILES string of the molecule is Cc1nc(C)n(CC(=O)NCC2CN(CC(C)C)CCO2)n1. The molecule has 2 rings (SSSR count). The van der Waals surface area contributed by atoms with Gasteiger partial charge in [0.05, 0.1) is 12.7 Å². The second-order valence-electron chi connectivity index (χ2n) is 6.31. The van der Waals surface area contributed by atoms with Crippen LogP contribution in [0.5, 0.6) is 0 Å². The summed E-state index contributed by atoms with van der Waals surface area (Å²) >= 11 is 0. The molecule has 0 aliphatic carbocycles. The van der Waals surface area contributed by atoms with Crippen molar-refractivity contribution in [3.8, 4) is 0 Å². The van der Waals surface area contributed by atoms with Gasteiger partial charge in [-0.3, -0.25) is 9.69 Å². The lowest BCUT2D eigenvalue weighted by atomic mass is 10.2. The summed E-state index contributed by atoms with van der Waals surface area (Å²) in [7, 11) is 0. The molecule has 1 aromatic heterocycles. The summed E-state index contributed by atoms with van der Waals surface area (Å²) in [4.78, 5) is 18.6. The Morgan fingerprint density at radius 2 is 2.23 bits per heavy atom. The maximum absolute atomic E-state index is 12.0. The van der Waals surface area contributed by atoms with Gasteiger partial charge in [0.15, 0.2) is 0 Å². The lowest BCUT2D eigenvalue weighted by Gasteiger charge is -2.33. The number of hydrogen-bond donors (Lipinski definition) is 1. The summed E-state index contributed by atoms with van der Waals surface area (Å²) in [6.07, 6.45) is 0.0648. The Kier molecular flexibility index (Phi) is 5.90. The number of hydrogen-bond acceptors (Lipinski definition) is 5. The normalized spacial score (nSPS) is 19.6. The average molecular weight is 309 g/mol. The third-order valence-corrected chi connectivity index (χ3v) is 3.63. The third-order valence-electron chi connectivity index (χ3n) is 3.63. The van der Waals surface area contributed by atoms with Crippen molar-refractivity contribution in [1.29, 1.82) is 0 Å². The minimum Gasteiger partial charge on any atom is -0.374 e. The number of carbonyl (C=O) groups is 1. The number of amides is 1. The van der Waals surface area contributed by atoms with E-state index in [1.54, 1.807) is 4.68 Å². The first-order valence-electron chi connectivity index (χ1n) is 7.92. The van der Waals surface area contributed by atoms with Crippen molar-refractivity contribution in [3.63, 3.8) is 0 Å². The molecule has 1 aromatic rings. The Labute approximate surface area is 132 Å². The number of ether oxygens (including phenoxy) is 1. The second kappa shape index (κ2) is 7.69. The van der Waals surface area contributed by atoms with Gasteiger partial charge in [-0.1, -0.05) is 13.8 Å². The van der Waals surface area contributed by atoms with Gasteiger partial charge in [-0.2, -0.15) is 5.10 Å². The molecular weight excluding hydrogens is 282 g/mol. The first kappa shape index (κ1) is 16.9. The van der Waals surface area contributed by atoms with E-state index in [9.17, 15) is 4.79 Å². The molecule has 7 heteroatoms. The zero-order valence-electron chi connectivity index (χ0n) is 14.0. The third kappa shape index (κ3) is 5.06. The van der Waals surface area contributed by atoms with Crippen LogP contribution in [0.1, 0.15) is 25.5 Å². The number of carbonyl (C=O) groups excluding carboxylic acids is 1. The topological polar surface area (TPSA) is 72.3 Å². The zero-order chi connectivity index (χ0) is 16.1. The van der Waals surface area contributed by atoms with Crippen molar-refractivity contribution in [2.75, 3.05) is 32.8 Å². The lowest BCUT2D eigenvalue weighted by Crippen LogP contribution is -2.48. The van der Waals surface area contributed by atoms with Crippen LogP contribution >= 0.6 is 0 Å². The maximum atomic E-state index is 12.0. The van der Waals surface area contributed by atoms with Crippen LogP contribution in [-0.2, 0) is 16.1 Å². The predicted octanol–water partition coefficient (Wildman–Crippen LogP) is 0.368. The molecule has 0 aromatic carbocycles. The molecule has 1 aliphatic rings. The molecule has 0 saturated carbocycles. The average Bonchev–Trinajstić information content (AvgIpc) is 2.74. The Balaban J connectivity index is 1.75. The predicted molar refractivity (Wildman–Crippen MR) is 83.5 cm³/mol. The highest BCUT2D eigenvalue weighted by Crippen LogP contribution is 2.07. The molecule has 1 N–H and O–H groups in total. The van der Waals surface area contributed by atoms with Gasteiger partial charge >= 0.3 is 0 Å². The van der Waals surface area contributed by atoms with Crippen molar-refractivity contribution >= 4 is 5.91 Å². The molecule has 1 unspecified atom stereocenters.